The standard InChI is InChI=1S/C19H16Br2N4O2/c1-27-16-4-2-3-14(9-16)10-22-23-19(26)18-17(21)12-25(24-18)11-13-5-7-15(20)8-6-13/h2-10,12H,11H2,1H3,(H,23,26). The second kappa shape index (κ2) is 8.96. The van der Waals surface area contributed by atoms with E-state index in [4.69, 9.17) is 4.74 Å². The highest BCUT2D eigenvalue weighted by Gasteiger charge is 2.14. The van der Waals surface area contributed by atoms with Crippen LogP contribution in [-0.2, 0) is 6.54 Å². The molecule has 0 saturated carbocycles. The molecule has 0 saturated heterocycles. The number of aromatic nitrogens is 2. The molecule has 0 fully saturated rings. The fourth-order valence-corrected chi connectivity index (χ4v) is 3.11. The van der Waals surface area contributed by atoms with Gasteiger partial charge in [0, 0.05) is 10.7 Å². The lowest BCUT2D eigenvalue weighted by molar-refractivity contribution is 0.0948. The Morgan fingerprint density at radius 2 is 2.04 bits per heavy atom. The molecule has 2 aromatic carbocycles. The average molecular weight is 492 g/mol. The second-order valence-electron chi connectivity index (χ2n) is 5.63. The Bertz CT molecular complexity index is 968. The molecule has 0 atom stereocenters. The van der Waals surface area contributed by atoms with Gasteiger partial charge in [-0.1, -0.05) is 40.2 Å². The minimum absolute atomic E-state index is 0.273. The predicted octanol–water partition coefficient (Wildman–Crippen LogP) is 4.23. The molecule has 27 heavy (non-hydrogen) atoms. The molecule has 1 heterocycles. The first-order valence-corrected chi connectivity index (χ1v) is 9.58. The van der Waals surface area contributed by atoms with Crippen LogP contribution in [0.1, 0.15) is 21.6 Å². The molecule has 1 N–H and O–H groups in total. The molecular weight excluding hydrogens is 476 g/mol. The number of hydrazone groups is 1. The van der Waals surface area contributed by atoms with Gasteiger partial charge in [-0.15, -0.1) is 0 Å². The molecule has 0 aliphatic rings. The lowest BCUT2D eigenvalue weighted by atomic mass is 10.2. The third-order valence-corrected chi connectivity index (χ3v) is 4.77. The topological polar surface area (TPSA) is 68.5 Å². The van der Waals surface area contributed by atoms with Gasteiger partial charge in [0.15, 0.2) is 5.69 Å². The van der Waals surface area contributed by atoms with Crippen LogP contribution in [0.15, 0.2) is 68.8 Å². The van der Waals surface area contributed by atoms with Crippen molar-refractivity contribution in [2.45, 2.75) is 6.54 Å². The molecule has 0 unspecified atom stereocenters. The zero-order valence-electron chi connectivity index (χ0n) is 14.4. The summed E-state index contributed by atoms with van der Waals surface area (Å²) in [6.07, 6.45) is 3.32. The Morgan fingerprint density at radius 3 is 2.78 bits per heavy atom. The normalized spacial score (nSPS) is 10.9. The van der Waals surface area contributed by atoms with Gasteiger partial charge in [-0.05, 0) is 51.3 Å². The third-order valence-electron chi connectivity index (χ3n) is 3.66. The van der Waals surface area contributed by atoms with Crippen molar-refractivity contribution in [2.75, 3.05) is 7.11 Å². The van der Waals surface area contributed by atoms with Crippen LogP contribution in [0.25, 0.3) is 0 Å². The lowest BCUT2D eigenvalue weighted by Crippen LogP contribution is -2.19. The molecule has 6 nitrogen and oxygen atoms in total. The van der Waals surface area contributed by atoms with Crippen LogP contribution < -0.4 is 10.2 Å². The number of methoxy groups -OCH3 is 1. The summed E-state index contributed by atoms with van der Waals surface area (Å²) in [4.78, 5) is 12.3. The van der Waals surface area contributed by atoms with Gasteiger partial charge in [0.25, 0.3) is 5.91 Å². The van der Waals surface area contributed by atoms with Crippen molar-refractivity contribution in [1.82, 2.24) is 15.2 Å². The summed E-state index contributed by atoms with van der Waals surface area (Å²) >= 11 is 6.79. The van der Waals surface area contributed by atoms with Gasteiger partial charge in [-0.25, -0.2) is 5.43 Å². The van der Waals surface area contributed by atoms with Crippen molar-refractivity contribution in [2.24, 2.45) is 5.10 Å². The van der Waals surface area contributed by atoms with Crippen molar-refractivity contribution >= 4 is 44.0 Å². The summed E-state index contributed by atoms with van der Waals surface area (Å²) in [5.41, 5.74) is 4.66. The molecule has 3 rings (SSSR count). The number of carbonyl (C=O) groups excluding carboxylic acids is 1. The first-order valence-electron chi connectivity index (χ1n) is 8.00. The van der Waals surface area contributed by atoms with Crippen LogP contribution in [0.4, 0.5) is 0 Å². The van der Waals surface area contributed by atoms with Crippen LogP contribution >= 0.6 is 31.9 Å². The van der Waals surface area contributed by atoms with E-state index >= 15 is 0 Å². The molecule has 0 bridgehead atoms. The fourth-order valence-electron chi connectivity index (χ4n) is 2.35. The van der Waals surface area contributed by atoms with E-state index in [-0.39, 0.29) is 5.69 Å². The van der Waals surface area contributed by atoms with Gasteiger partial charge in [0.1, 0.15) is 5.75 Å². The van der Waals surface area contributed by atoms with Crippen molar-refractivity contribution in [3.8, 4) is 5.75 Å². The minimum Gasteiger partial charge on any atom is -0.497 e. The predicted molar refractivity (Wildman–Crippen MR) is 111 cm³/mol. The number of ether oxygens (including phenoxy) is 1. The molecule has 0 radical (unpaired) electrons. The van der Waals surface area contributed by atoms with Crippen LogP contribution in [0.2, 0.25) is 0 Å². The van der Waals surface area contributed by atoms with Crippen molar-refractivity contribution in [3.05, 3.63) is 80.5 Å². The first-order chi connectivity index (χ1) is 13.0. The first kappa shape index (κ1) is 19.3. The number of nitrogens with one attached hydrogen (secondary N) is 1. The Balaban J connectivity index is 1.65. The van der Waals surface area contributed by atoms with Gasteiger partial charge < -0.3 is 4.74 Å². The van der Waals surface area contributed by atoms with Crippen molar-refractivity contribution in [3.63, 3.8) is 0 Å². The highest BCUT2D eigenvalue weighted by atomic mass is 79.9. The zero-order valence-corrected chi connectivity index (χ0v) is 17.6. The number of hydrogen-bond donors (Lipinski definition) is 1. The van der Waals surface area contributed by atoms with E-state index in [0.717, 1.165) is 21.3 Å². The van der Waals surface area contributed by atoms with E-state index in [0.29, 0.717) is 11.0 Å². The maximum atomic E-state index is 12.3. The number of hydrogen-bond acceptors (Lipinski definition) is 4. The van der Waals surface area contributed by atoms with E-state index in [1.807, 2.05) is 48.5 Å². The van der Waals surface area contributed by atoms with E-state index in [1.165, 1.54) is 0 Å². The molecule has 1 amide bonds. The Kier molecular flexibility index (Phi) is 6.41. The van der Waals surface area contributed by atoms with Crippen LogP contribution in [-0.4, -0.2) is 29.0 Å². The quantitative estimate of drug-likeness (QED) is 0.414. The molecule has 0 aliphatic heterocycles. The second-order valence-corrected chi connectivity index (χ2v) is 7.40. The zero-order chi connectivity index (χ0) is 19.2. The summed E-state index contributed by atoms with van der Waals surface area (Å²) < 4.78 is 8.48. The summed E-state index contributed by atoms with van der Waals surface area (Å²) in [5.74, 6) is 0.329. The Hall–Kier alpha value is -2.45. The minimum atomic E-state index is -0.393. The van der Waals surface area contributed by atoms with Crippen molar-refractivity contribution < 1.29 is 9.53 Å². The summed E-state index contributed by atoms with van der Waals surface area (Å²) in [5, 5.41) is 8.31. The number of carbonyl (C=O) groups is 1. The van der Waals surface area contributed by atoms with Crippen LogP contribution in [0, 0.1) is 0 Å². The maximum Gasteiger partial charge on any atom is 0.293 e. The van der Waals surface area contributed by atoms with Gasteiger partial charge in [0.05, 0.1) is 24.3 Å². The SMILES string of the molecule is COc1cccc(C=NNC(=O)c2nn(Cc3ccc(Br)cc3)cc2Br)c1. The summed E-state index contributed by atoms with van der Waals surface area (Å²) in [6.45, 7) is 0.562. The van der Waals surface area contributed by atoms with Crippen molar-refractivity contribution in [1.29, 1.82) is 0 Å². The van der Waals surface area contributed by atoms with Gasteiger partial charge >= 0.3 is 0 Å². The number of nitrogens with zero attached hydrogens (tertiary/aromatic N) is 3. The third kappa shape index (κ3) is 5.27. The van der Waals surface area contributed by atoms with Gasteiger partial charge in [-0.2, -0.15) is 10.2 Å². The fraction of sp³-hybridized carbons (Fsp3) is 0.105. The molecule has 3 aromatic rings. The van der Waals surface area contributed by atoms with E-state index in [9.17, 15) is 4.79 Å². The largest absolute Gasteiger partial charge is 0.497 e. The smallest absolute Gasteiger partial charge is 0.293 e. The Morgan fingerprint density at radius 1 is 1.26 bits per heavy atom. The van der Waals surface area contributed by atoms with Crippen LogP contribution in [0.3, 0.4) is 0 Å². The summed E-state index contributed by atoms with van der Waals surface area (Å²) in [7, 11) is 1.60. The van der Waals surface area contributed by atoms with Crippen LogP contribution in [0.5, 0.6) is 5.75 Å². The number of benzene rings is 2. The molecule has 1 aromatic heterocycles. The van der Waals surface area contributed by atoms with E-state index in [1.54, 1.807) is 24.2 Å². The maximum absolute atomic E-state index is 12.3. The van der Waals surface area contributed by atoms with E-state index in [2.05, 4.69) is 47.5 Å². The Labute approximate surface area is 173 Å². The highest BCUT2D eigenvalue weighted by molar-refractivity contribution is 9.10. The van der Waals surface area contributed by atoms with Gasteiger partial charge in [0.2, 0.25) is 0 Å². The monoisotopic (exact) mass is 490 g/mol. The number of amides is 1. The number of halogens is 2. The molecule has 0 spiro atoms. The average Bonchev–Trinajstić information content (AvgIpc) is 3.04. The number of rotatable bonds is 6. The molecule has 8 heteroatoms. The lowest BCUT2D eigenvalue weighted by Gasteiger charge is -2.02. The molecule has 138 valence electrons. The van der Waals surface area contributed by atoms with E-state index < -0.39 is 5.91 Å². The summed E-state index contributed by atoms with van der Waals surface area (Å²) in [6, 6.07) is 15.3. The molecule has 0 aliphatic carbocycles. The molecular formula is C19H16Br2N4O2. The highest BCUT2D eigenvalue weighted by Crippen LogP contribution is 2.17. The van der Waals surface area contributed by atoms with Gasteiger partial charge in [-0.3, -0.25) is 9.48 Å².